The summed E-state index contributed by atoms with van der Waals surface area (Å²) in [7, 11) is 0. The van der Waals surface area contributed by atoms with Crippen molar-refractivity contribution < 1.29 is 4.79 Å². The topological polar surface area (TPSA) is 34.4 Å². The maximum atomic E-state index is 10.4. The second kappa shape index (κ2) is 3.30. The van der Waals surface area contributed by atoms with Gasteiger partial charge in [-0.1, -0.05) is 6.07 Å². The zero-order valence-corrected chi connectivity index (χ0v) is 8.36. The Morgan fingerprint density at radius 3 is 3.23 bits per heavy atom. The van der Waals surface area contributed by atoms with E-state index in [1.165, 1.54) is 0 Å². The Kier molecular flexibility index (Phi) is 2.14. The molecular formula is C9H7BrN2O. The Morgan fingerprint density at radius 2 is 2.46 bits per heavy atom. The van der Waals surface area contributed by atoms with Crippen LogP contribution in [0.4, 0.5) is 0 Å². The standard InChI is InChI=1S/C9H7BrN2O/c10-9-8-7(3-5-13)2-1-4-12(8)6-11-9/h1-2,4-6H,3H2. The number of aldehydes is 1. The molecule has 0 radical (unpaired) electrons. The summed E-state index contributed by atoms with van der Waals surface area (Å²) < 4.78 is 2.67. The zero-order chi connectivity index (χ0) is 9.26. The van der Waals surface area contributed by atoms with Crippen LogP contribution in [0.3, 0.4) is 0 Å². The quantitative estimate of drug-likeness (QED) is 0.749. The van der Waals surface area contributed by atoms with Gasteiger partial charge in [0.25, 0.3) is 0 Å². The van der Waals surface area contributed by atoms with E-state index < -0.39 is 0 Å². The highest BCUT2D eigenvalue weighted by atomic mass is 79.9. The van der Waals surface area contributed by atoms with Gasteiger partial charge in [-0.25, -0.2) is 4.98 Å². The fourth-order valence-corrected chi connectivity index (χ4v) is 1.89. The molecule has 66 valence electrons. The van der Waals surface area contributed by atoms with Crippen molar-refractivity contribution in [3.05, 3.63) is 34.8 Å². The lowest BCUT2D eigenvalue weighted by Gasteiger charge is -1.99. The number of hydrogen-bond donors (Lipinski definition) is 0. The molecule has 0 atom stereocenters. The molecule has 0 spiro atoms. The molecule has 0 aromatic carbocycles. The summed E-state index contributed by atoms with van der Waals surface area (Å²) in [4.78, 5) is 14.5. The molecule has 2 heterocycles. The van der Waals surface area contributed by atoms with Crippen LogP contribution in [0.25, 0.3) is 5.52 Å². The number of carbonyl (C=O) groups excluding carboxylic acids is 1. The summed E-state index contributed by atoms with van der Waals surface area (Å²) >= 11 is 3.34. The molecule has 0 unspecified atom stereocenters. The zero-order valence-electron chi connectivity index (χ0n) is 6.77. The Labute approximate surface area is 83.5 Å². The smallest absolute Gasteiger partial charge is 0.132 e. The normalized spacial score (nSPS) is 10.5. The first-order valence-electron chi connectivity index (χ1n) is 3.86. The van der Waals surface area contributed by atoms with Gasteiger partial charge in [-0.2, -0.15) is 0 Å². The lowest BCUT2D eigenvalue weighted by Crippen LogP contribution is -1.91. The van der Waals surface area contributed by atoms with E-state index in [9.17, 15) is 4.79 Å². The molecule has 4 heteroatoms. The van der Waals surface area contributed by atoms with Crippen LogP contribution >= 0.6 is 15.9 Å². The molecule has 0 aliphatic heterocycles. The van der Waals surface area contributed by atoms with Gasteiger partial charge in [-0.3, -0.25) is 0 Å². The third-order valence-electron chi connectivity index (χ3n) is 1.90. The van der Waals surface area contributed by atoms with Gasteiger partial charge >= 0.3 is 0 Å². The van der Waals surface area contributed by atoms with Crippen molar-refractivity contribution >= 4 is 27.7 Å². The Morgan fingerprint density at radius 1 is 1.62 bits per heavy atom. The third kappa shape index (κ3) is 1.37. The number of imidazole rings is 1. The molecule has 0 amide bonds. The average molecular weight is 239 g/mol. The van der Waals surface area contributed by atoms with Crippen LogP contribution in [0.2, 0.25) is 0 Å². The van der Waals surface area contributed by atoms with Crippen molar-refractivity contribution in [2.24, 2.45) is 0 Å². The van der Waals surface area contributed by atoms with E-state index in [2.05, 4.69) is 20.9 Å². The van der Waals surface area contributed by atoms with Gasteiger partial charge in [0, 0.05) is 12.6 Å². The molecule has 3 nitrogen and oxygen atoms in total. The first kappa shape index (κ1) is 8.44. The Balaban J connectivity index is 2.72. The third-order valence-corrected chi connectivity index (χ3v) is 2.48. The predicted molar refractivity (Wildman–Crippen MR) is 52.7 cm³/mol. The van der Waals surface area contributed by atoms with Crippen LogP contribution in [-0.4, -0.2) is 15.7 Å². The number of carbonyl (C=O) groups is 1. The van der Waals surface area contributed by atoms with E-state index in [1.54, 1.807) is 6.33 Å². The number of rotatable bonds is 2. The highest BCUT2D eigenvalue weighted by molar-refractivity contribution is 9.10. The molecule has 2 aromatic rings. The molecule has 2 aromatic heterocycles. The van der Waals surface area contributed by atoms with Gasteiger partial charge in [0.05, 0.1) is 5.52 Å². The molecule has 0 bridgehead atoms. The van der Waals surface area contributed by atoms with Crippen molar-refractivity contribution in [1.29, 1.82) is 0 Å². The molecule has 0 aliphatic carbocycles. The molecule has 0 fully saturated rings. The van der Waals surface area contributed by atoms with E-state index in [0.29, 0.717) is 6.42 Å². The monoisotopic (exact) mass is 238 g/mol. The molecule has 0 N–H and O–H groups in total. The first-order chi connectivity index (χ1) is 6.33. The minimum Gasteiger partial charge on any atom is -0.305 e. The van der Waals surface area contributed by atoms with Gasteiger partial charge in [-0.05, 0) is 27.6 Å². The van der Waals surface area contributed by atoms with E-state index in [0.717, 1.165) is 22.0 Å². The lowest BCUT2D eigenvalue weighted by atomic mass is 10.2. The van der Waals surface area contributed by atoms with Gasteiger partial charge < -0.3 is 9.20 Å². The van der Waals surface area contributed by atoms with Crippen LogP contribution in [0, 0.1) is 0 Å². The molecule has 0 saturated heterocycles. The van der Waals surface area contributed by atoms with Crippen molar-refractivity contribution in [3.8, 4) is 0 Å². The van der Waals surface area contributed by atoms with Crippen LogP contribution < -0.4 is 0 Å². The first-order valence-corrected chi connectivity index (χ1v) is 4.66. The summed E-state index contributed by atoms with van der Waals surface area (Å²) in [6.07, 6.45) is 4.94. The predicted octanol–water partition coefficient (Wildman–Crippen LogP) is 1.84. The largest absolute Gasteiger partial charge is 0.305 e. The minimum atomic E-state index is 0.425. The number of aromatic nitrogens is 2. The van der Waals surface area contributed by atoms with E-state index >= 15 is 0 Å². The summed E-state index contributed by atoms with van der Waals surface area (Å²) in [6.45, 7) is 0. The summed E-state index contributed by atoms with van der Waals surface area (Å²) in [6, 6.07) is 3.83. The molecule has 2 rings (SSSR count). The van der Waals surface area contributed by atoms with Crippen LogP contribution in [-0.2, 0) is 11.2 Å². The second-order valence-corrected chi connectivity index (χ2v) is 3.45. The highest BCUT2D eigenvalue weighted by Gasteiger charge is 2.05. The van der Waals surface area contributed by atoms with Crippen molar-refractivity contribution in [3.63, 3.8) is 0 Å². The highest BCUT2D eigenvalue weighted by Crippen LogP contribution is 2.19. The fourth-order valence-electron chi connectivity index (χ4n) is 1.33. The van der Waals surface area contributed by atoms with Crippen LogP contribution in [0.1, 0.15) is 5.56 Å². The van der Waals surface area contributed by atoms with Crippen molar-refractivity contribution in [1.82, 2.24) is 9.38 Å². The number of hydrogen-bond acceptors (Lipinski definition) is 2. The van der Waals surface area contributed by atoms with Crippen LogP contribution in [0.15, 0.2) is 29.3 Å². The Bertz CT molecular complexity index is 450. The fraction of sp³-hybridized carbons (Fsp3) is 0.111. The SMILES string of the molecule is O=CCc1cccn2cnc(Br)c12. The summed E-state index contributed by atoms with van der Waals surface area (Å²) in [5, 5.41) is 0. The van der Waals surface area contributed by atoms with Gasteiger partial charge in [0.1, 0.15) is 17.2 Å². The van der Waals surface area contributed by atoms with Gasteiger partial charge in [0.2, 0.25) is 0 Å². The second-order valence-electron chi connectivity index (χ2n) is 2.70. The minimum absolute atomic E-state index is 0.425. The van der Waals surface area contributed by atoms with E-state index in [-0.39, 0.29) is 0 Å². The van der Waals surface area contributed by atoms with E-state index in [1.807, 2.05) is 22.7 Å². The maximum absolute atomic E-state index is 10.4. The Hall–Kier alpha value is -1.16. The van der Waals surface area contributed by atoms with Crippen molar-refractivity contribution in [2.45, 2.75) is 6.42 Å². The maximum Gasteiger partial charge on any atom is 0.132 e. The molecule has 0 aliphatic rings. The summed E-state index contributed by atoms with van der Waals surface area (Å²) in [5.74, 6) is 0. The van der Waals surface area contributed by atoms with E-state index in [4.69, 9.17) is 0 Å². The number of nitrogens with zero attached hydrogens (tertiary/aromatic N) is 2. The summed E-state index contributed by atoms with van der Waals surface area (Å²) in [5.41, 5.74) is 1.96. The number of pyridine rings is 1. The number of halogens is 1. The van der Waals surface area contributed by atoms with Crippen LogP contribution in [0.5, 0.6) is 0 Å². The lowest BCUT2D eigenvalue weighted by molar-refractivity contribution is -0.107. The molecule has 0 saturated carbocycles. The molecular weight excluding hydrogens is 232 g/mol. The van der Waals surface area contributed by atoms with Crippen molar-refractivity contribution in [2.75, 3.05) is 0 Å². The van der Waals surface area contributed by atoms with Gasteiger partial charge in [0.15, 0.2) is 0 Å². The average Bonchev–Trinajstić information content (AvgIpc) is 2.50. The van der Waals surface area contributed by atoms with Gasteiger partial charge in [-0.15, -0.1) is 0 Å². The molecule has 13 heavy (non-hydrogen) atoms. The number of fused-ring (bicyclic) bond motifs is 1.